The lowest BCUT2D eigenvalue weighted by Crippen LogP contribution is -2.06. The number of hydrogen-bond donors (Lipinski definition) is 0. The van der Waals surface area contributed by atoms with Crippen molar-refractivity contribution in [2.75, 3.05) is 5.75 Å². The molecule has 0 aromatic carbocycles. The van der Waals surface area contributed by atoms with Crippen molar-refractivity contribution < 1.29 is 0 Å². The van der Waals surface area contributed by atoms with Crippen molar-refractivity contribution in [3.05, 3.63) is 12.7 Å². The van der Waals surface area contributed by atoms with E-state index in [0.717, 1.165) is 5.25 Å². The average molecular weight is 144 g/mol. The highest BCUT2D eigenvalue weighted by atomic mass is 32.2. The highest BCUT2D eigenvalue weighted by molar-refractivity contribution is 7.99. The SMILES string of the molecule is C=CC(C)C(C)SCC. The summed E-state index contributed by atoms with van der Waals surface area (Å²) in [4.78, 5) is 0. The molecule has 0 nitrogen and oxygen atoms in total. The topological polar surface area (TPSA) is 0 Å². The van der Waals surface area contributed by atoms with Gasteiger partial charge in [-0.1, -0.05) is 26.8 Å². The standard InChI is InChI=1S/C8H16S/c1-5-7(3)8(4)9-6-2/h5,7-8H,1,6H2,2-4H3. The molecule has 0 amide bonds. The molecule has 0 N–H and O–H groups in total. The van der Waals surface area contributed by atoms with Gasteiger partial charge < -0.3 is 0 Å². The van der Waals surface area contributed by atoms with Crippen molar-refractivity contribution in [1.29, 1.82) is 0 Å². The van der Waals surface area contributed by atoms with Gasteiger partial charge in [-0.05, 0) is 11.7 Å². The summed E-state index contributed by atoms with van der Waals surface area (Å²) in [5, 5.41) is 0.729. The zero-order valence-electron chi connectivity index (χ0n) is 6.55. The van der Waals surface area contributed by atoms with Crippen molar-refractivity contribution >= 4 is 11.8 Å². The molecule has 0 rings (SSSR count). The lowest BCUT2D eigenvalue weighted by Gasteiger charge is -2.13. The Labute approximate surface area is 62.7 Å². The summed E-state index contributed by atoms with van der Waals surface area (Å²) in [7, 11) is 0. The molecule has 0 saturated carbocycles. The lowest BCUT2D eigenvalue weighted by molar-refractivity contribution is 0.718. The van der Waals surface area contributed by atoms with Crippen molar-refractivity contribution in [3.63, 3.8) is 0 Å². The Morgan fingerprint density at radius 2 is 2.11 bits per heavy atom. The van der Waals surface area contributed by atoms with Crippen molar-refractivity contribution in [2.45, 2.75) is 26.0 Å². The van der Waals surface area contributed by atoms with E-state index >= 15 is 0 Å². The van der Waals surface area contributed by atoms with E-state index in [-0.39, 0.29) is 0 Å². The minimum atomic E-state index is 0.648. The first-order valence-electron chi connectivity index (χ1n) is 3.46. The van der Waals surface area contributed by atoms with Crippen LogP contribution in [0, 0.1) is 5.92 Å². The molecular formula is C8H16S. The Hall–Kier alpha value is 0.0900. The highest BCUT2D eigenvalue weighted by Crippen LogP contribution is 2.18. The van der Waals surface area contributed by atoms with E-state index in [2.05, 4.69) is 27.4 Å². The summed E-state index contributed by atoms with van der Waals surface area (Å²) >= 11 is 1.99. The molecule has 54 valence electrons. The third-order valence-electron chi connectivity index (χ3n) is 1.54. The van der Waals surface area contributed by atoms with E-state index in [1.54, 1.807) is 0 Å². The summed E-state index contributed by atoms with van der Waals surface area (Å²) in [5.41, 5.74) is 0. The van der Waals surface area contributed by atoms with Crippen LogP contribution in [0.15, 0.2) is 12.7 Å². The zero-order chi connectivity index (χ0) is 7.28. The fourth-order valence-corrected chi connectivity index (χ4v) is 1.55. The summed E-state index contributed by atoms with van der Waals surface area (Å²) in [6.45, 7) is 10.4. The molecule has 0 aromatic heterocycles. The molecule has 0 saturated heterocycles. The van der Waals surface area contributed by atoms with Gasteiger partial charge in [-0.3, -0.25) is 0 Å². The summed E-state index contributed by atoms with van der Waals surface area (Å²) in [6.07, 6.45) is 2.02. The molecule has 0 radical (unpaired) electrons. The monoisotopic (exact) mass is 144 g/mol. The van der Waals surface area contributed by atoms with Crippen LogP contribution in [0.5, 0.6) is 0 Å². The normalized spacial score (nSPS) is 16.8. The Morgan fingerprint density at radius 1 is 1.56 bits per heavy atom. The predicted octanol–water partition coefficient (Wildman–Crippen LogP) is 2.95. The van der Waals surface area contributed by atoms with Crippen LogP contribution in [-0.2, 0) is 0 Å². The van der Waals surface area contributed by atoms with Crippen LogP contribution in [0.4, 0.5) is 0 Å². The molecule has 2 unspecified atom stereocenters. The largest absolute Gasteiger partial charge is 0.159 e. The zero-order valence-corrected chi connectivity index (χ0v) is 7.37. The molecule has 0 heterocycles. The van der Waals surface area contributed by atoms with Gasteiger partial charge in [0.25, 0.3) is 0 Å². The summed E-state index contributed by atoms with van der Waals surface area (Å²) < 4.78 is 0. The minimum absolute atomic E-state index is 0.648. The Morgan fingerprint density at radius 3 is 2.44 bits per heavy atom. The van der Waals surface area contributed by atoms with E-state index in [9.17, 15) is 0 Å². The highest BCUT2D eigenvalue weighted by Gasteiger charge is 2.06. The smallest absolute Gasteiger partial charge is 0.00786 e. The van der Waals surface area contributed by atoms with Gasteiger partial charge in [0.15, 0.2) is 0 Å². The lowest BCUT2D eigenvalue weighted by atomic mass is 10.1. The third-order valence-corrected chi connectivity index (χ3v) is 2.83. The van der Waals surface area contributed by atoms with Crippen LogP contribution in [0.3, 0.4) is 0 Å². The van der Waals surface area contributed by atoms with E-state index in [1.165, 1.54) is 5.75 Å². The molecule has 0 aliphatic heterocycles. The van der Waals surface area contributed by atoms with Crippen LogP contribution in [0.25, 0.3) is 0 Å². The van der Waals surface area contributed by atoms with Gasteiger partial charge in [-0.2, -0.15) is 11.8 Å². The molecule has 0 aliphatic rings. The van der Waals surface area contributed by atoms with E-state index in [4.69, 9.17) is 0 Å². The van der Waals surface area contributed by atoms with E-state index < -0.39 is 0 Å². The summed E-state index contributed by atoms with van der Waals surface area (Å²) in [5.74, 6) is 1.86. The second-order valence-electron chi connectivity index (χ2n) is 2.26. The van der Waals surface area contributed by atoms with Crippen molar-refractivity contribution in [1.82, 2.24) is 0 Å². The maximum atomic E-state index is 3.75. The van der Waals surface area contributed by atoms with Crippen LogP contribution < -0.4 is 0 Å². The van der Waals surface area contributed by atoms with Crippen molar-refractivity contribution in [3.8, 4) is 0 Å². The molecule has 9 heavy (non-hydrogen) atoms. The van der Waals surface area contributed by atoms with E-state index in [1.807, 2.05) is 17.8 Å². The first-order valence-corrected chi connectivity index (χ1v) is 4.51. The first-order chi connectivity index (χ1) is 4.22. The predicted molar refractivity (Wildman–Crippen MR) is 47.0 cm³/mol. The molecular weight excluding hydrogens is 128 g/mol. The maximum Gasteiger partial charge on any atom is 0.00786 e. The van der Waals surface area contributed by atoms with Crippen LogP contribution in [0.2, 0.25) is 0 Å². The average Bonchev–Trinajstić information content (AvgIpc) is 1.87. The second kappa shape index (κ2) is 4.92. The quantitative estimate of drug-likeness (QED) is 0.547. The summed E-state index contributed by atoms with van der Waals surface area (Å²) in [6, 6.07) is 0. The van der Waals surface area contributed by atoms with Crippen LogP contribution in [-0.4, -0.2) is 11.0 Å². The maximum absolute atomic E-state index is 3.75. The Balaban J connectivity index is 3.44. The Bertz CT molecular complexity index is 78.6. The van der Waals surface area contributed by atoms with E-state index in [0.29, 0.717) is 5.92 Å². The first kappa shape index (κ1) is 9.09. The number of thioether (sulfide) groups is 1. The van der Waals surface area contributed by atoms with Gasteiger partial charge in [0.1, 0.15) is 0 Å². The second-order valence-corrected chi connectivity index (χ2v) is 3.91. The number of rotatable bonds is 4. The van der Waals surface area contributed by atoms with Crippen LogP contribution >= 0.6 is 11.8 Å². The molecule has 0 fully saturated rings. The fourth-order valence-electron chi connectivity index (χ4n) is 0.606. The molecule has 0 spiro atoms. The van der Waals surface area contributed by atoms with Gasteiger partial charge in [0.2, 0.25) is 0 Å². The number of allylic oxidation sites excluding steroid dienone is 1. The molecule has 0 bridgehead atoms. The molecule has 2 atom stereocenters. The van der Waals surface area contributed by atoms with Gasteiger partial charge in [0.05, 0.1) is 0 Å². The fraction of sp³-hybridized carbons (Fsp3) is 0.750. The Kier molecular flexibility index (Phi) is 4.97. The van der Waals surface area contributed by atoms with Gasteiger partial charge in [-0.25, -0.2) is 0 Å². The molecule has 0 aliphatic carbocycles. The molecule has 0 aromatic rings. The molecule has 1 heteroatoms. The van der Waals surface area contributed by atoms with Gasteiger partial charge in [-0.15, -0.1) is 6.58 Å². The van der Waals surface area contributed by atoms with Gasteiger partial charge >= 0.3 is 0 Å². The number of hydrogen-bond acceptors (Lipinski definition) is 1. The third kappa shape index (κ3) is 3.63. The minimum Gasteiger partial charge on any atom is -0.159 e. The van der Waals surface area contributed by atoms with Crippen LogP contribution in [0.1, 0.15) is 20.8 Å². The van der Waals surface area contributed by atoms with Crippen molar-refractivity contribution in [2.24, 2.45) is 5.92 Å². The van der Waals surface area contributed by atoms with Gasteiger partial charge in [0, 0.05) is 5.25 Å².